The van der Waals surface area contributed by atoms with Gasteiger partial charge in [-0.3, -0.25) is 9.36 Å². The van der Waals surface area contributed by atoms with Crippen molar-refractivity contribution in [1.29, 1.82) is 0 Å². The summed E-state index contributed by atoms with van der Waals surface area (Å²) < 4.78 is 2.07. The molecule has 1 amide bonds. The van der Waals surface area contributed by atoms with Crippen molar-refractivity contribution in [3.8, 4) is 5.69 Å². The van der Waals surface area contributed by atoms with Gasteiger partial charge in [-0.1, -0.05) is 87.5 Å². The molecular formula is C27H36N4OS. The Balaban J connectivity index is 1.79. The number of benzene rings is 2. The van der Waals surface area contributed by atoms with Crippen molar-refractivity contribution in [3.05, 3.63) is 71.5 Å². The number of carbonyl (C=O) groups excluding carboxylic acids is 1. The van der Waals surface area contributed by atoms with Crippen LogP contribution < -0.4 is 5.32 Å². The van der Waals surface area contributed by atoms with E-state index >= 15 is 0 Å². The first-order chi connectivity index (χ1) is 15.6. The molecule has 0 fully saturated rings. The highest BCUT2D eigenvalue weighted by molar-refractivity contribution is 7.98. The summed E-state index contributed by atoms with van der Waals surface area (Å²) in [6.45, 7) is 12.8. The number of nitrogens with one attached hydrogen (secondary N) is 1. The van der Waals surface area contributed by atoms with Crippen LogP contribution in [0.5, 0.6) is 0 Å². The third kappa shape index (κ3) is 7.46. The quantitative estimate of drug-likeness (QED) is 0.367. The minimum Gasteiger partial charge on any atom is -0.346 e. The van der Waals surface area contributed by atoms with Crippen LogP contribution in [0, 0.1) is 18.3 Å². The summed E-state index contributed by atoms with van der Waals surface area (Å²) in [6, 6.07) is 18.4. The number of rotatable bonds is 9. The molecule has 176 valence electrons. The van der Waals surface area contributed by atoms with Gasteiger partial charge in [0.1, 0.15) is 0 Å². The molecule has 2 atom stereocenters. The number of nitrogens with zero attached hydrogens (tertiary/aromatic N) is 3. The molecule has 0 bridgehead atoms. The van der Waals surface area contributed by atoms with Gasteiger partial charge in [0.05, 0.1) is 6.04 Å². The Kier molecular flexibility index (Phi) is 8.35. The van der Waals surface area contributed by atoms with E-state index in [1.807, 2.05) is 25.1 Å². The highest BCUT2D eigenvalue weighted by Gasteiger charge is 2.23. The van der Waals surface area contributed by atoms with Gasteiger partial charge >= 0.3 is 0 Å². The first-order valence-corrected chi connectivity index (χ1v) is 12.6. The smallest absolute Gasteiger partial charge is 0.220 e. The molecule has 0 saturated heterocycles. The van der Waals surface area contributed by atoms with E-state index in [0.717, 1.165) is 28.8 Å². The summed E-state index contributed by atoms with van der Waals surface area (Å²) in [6.07, 6.45) is 1.52. The fraction of sp³-hybridized carbons (Fsp3) is 0.444. The standard InChI is InChI=1S/C27H36N4OS/c1-19-12-14-23(15-13-19)31-25(21(3)28-24(32)16-20(2)17-27(4,5)6)29-30-26(31)33-18-22-10-8-7-9-11-22/h7-15,20-21H,16-18H2,1-6H3,(H,28,32). The molecule has 2 aromatic carbocycles. The molecule has 0 radical (unpaired) electrons. The number of amides is 1. The van der Waals surface area contributed by atoms with Crippen LogP contribution in [0.15, 0.2) is 59.8 Å². The van der Waals surface area contributed by atoms with E-state index < -0.39 is 0 Å². The van der Waals surface area contributed by atoms with Gasteiger partial charge in [0, 0.05) is 17.9 Å². The second-order valence-corrected chi connectivity index (χ2v) is 11.1. The topological polar surface area (TPSA) is 59.8 Å². The first kappa shape index (κ1) is 25.0. The molecule has 2 unspecified atom stereocenters. The summed E-state index contributed by atoms with van der Waals surface area (Å²) in [5.74, 6) is 1.92. The van der Waals surface area contributed by atoms with E-state index in [-0.39, 0.29) is 17.4 Å². The lowest BCUT2D eigenvalue weighted by Gasteiger charge is -2.23. The zero-order valence-electron chi connectivity index (χ0n) is 20.6. The maximum absolute atomic E-state index is 12.8. The molecule has 1 heterocycles. The van der Waals surface area contributed by atoms with E-state index in [2.05, 4.69) is 91.1 Å². The summed E-state index contributed by atoms with van der Waals surface area (Å²) in [5.41, 5.74) is 3.64. The first-order valence-electron chi connectivity index (χ1n) is 11.6. The van der Waals surface area contributed by atoms with Crippen LogP contribution >= 0.6 is 11.8 Å². The second kappa shape index (κ2) is 11.0. The molecule has 0 saturated carbocycles. The van der Waals surface area contributed by atoms with Crippen LogP contribution in [-0.2, 0) is 10.5 Å². The predicted octanol–water partition coefficient (Wildman–Crippen LogP) is 6.51. The monoisotopic (exact) mass is 464 g/mol. The fourth-order valence-electron chi connectivity index (χ4n) is 4.11. The number of aryl methyl sites for hydroxylation is 1. The van der Waals surface area contributed by atoms with E-state index in [0.29, 0.717) is 12.3 Å². The lowest BCUT2D eigenvalue weighted by molar-refractivity contribution is -0.122. The third-order valence-corrected chi connectivity index (χ3v) is 6.42. The summed E-state index contributed by atoms with van der Waals surface area (Å²) in [7, 11) is 0. The minimum absolute atomic E-state index is 0.0520. The molecular weight excluding hydrogens is 428 g/mol. The van der Waals surface area contributed by atoms with Crippen LogP contribution in [0.3, 0.4) is 0 Å². The highest BCUT2D eigenvalue weighted by Crippen LogP contribution is 2.29. The molecule has 0 spiro atoms. The van der Waals surface area contributed by atoms with Crippen LogP contribution in [0.2, 0.25) is 0 Å². The van der Waals surface area contributed by atoms with Crippen molar-refractivity contribution in [1.82, 2.24) is 20.1 Å². The Hall–Kier alpha value is -2.60. The van der Waals surface area contributed by atoms with Gasteiger partial charge in [-0.15, -0.1) is 10.2 Å². The SMILES string of the molecule is Cc1ccc(-n2c(SCc3ccccc3)nnc2C(C)NC(=O)CC(C)CC(C)(C)C)cc1. The van der Waals surface area contributed by atoms with Crippen molar-refractivity contribution in [2.24, 2.45) is 11.3 Å². The Morgan fingerprint density at radius 3 is 2.33 bits per heavy atom. The average molecular weight is 465 g/mol. The Labute approximate surface area is 202 Å². The lowest BCUT2D eigenvalue weighted by Crippen LogP contribution is -2.30. The van der Waals surface area contributed by atoms with Gasteiger partial charge in [0.2, 0.25) is 5.91 Å². The van der Waals surface area contributed by atoms with Crippen LogP contribution in [0.25, 0.3) is 5.69 Å². The highest BCUT2D eigenvalue weighted by atomic mass is 32.2. The number of hydrogen-bond acceptors (Lipinski definition) is 4. The Morgan fingerprint density at radius 1 is 1.03 bits per heavy atom. The number of hydrogen-bond donors (Lipinski definition) is 1. The molecule has 1 N–H and O–H groups in total. The number of aromatic nitrogens is 3. The molecule has 33 heavy (non-hydrogen) atoms. The summed E-state index contributed by atoms with van der Waals surface area (Å²) in [5, 5.41) is 13.0. The molecule has 5 nitrogen and oxygen atoms in total. The van der Waals surface area contributed by atoms with Crippen molar-refractivity contribution < 1.29 is 4.79 Å². The van der Waals surface area contributed by atoms with Gasteiger partial charge in [-0.2, -0.15) is 0 Å². The van der Waals surface area contributed by atoms with Crippen LogP contribution in [0.1, 0.15) is 70.5 Å². The largest absolute Gasteiger partial charge is 0.346 e. The molecule has 3 aromatic rings. The van der Waals surface area contributed by atoms with E-state index in [1.54, 1.807) is 11.8 Å². The lowest BCUT2D eigenvalue weighted by atomic mass is 9.84. The summed E-state index contributed by atoms with van der Waals surface area (Å²) in [4.78, 5) is 12.8. The van der Waals surface area contributed by atoms with Gasteiger partial charge in [0.25, 0.3) is 0 Å². The molecule has 0 aliphatic carbocycles. The zero-order valence-corrected chi connectivity index (χ0v) is 21.4. The van der Waals surface area contributed by atoms with E-state index in [1.165, 1.54) is 11.1 Å². The predicted molar refractivity (Wildman–Crippen MR) is 137 cm³/mol. The van der Waals surface area contributed by atoms with Crippen molar-refractivity contribution in [3.63, 3.8) is 0 Å². The molecule has 0 aliphatic heterocycles. The van der Waals surface area contributed by atoms with E-state index in [9.17, 15) is 4.79 Å². The van der Waals surface area contributed by atoms with Gasteiger partial charge in [-0.05, 0) is 49.3 Å². The average Bonchev–Trinajstić information content (AvgIpc) is 3.16. The second-order valence-electron chi connectivity index (χ2n) is 10.1. The van der Waals surface area contributed by atoms with Gasteiger partial charge in [-0.25, -0.2) is 0 Å². The van der Waals surface area contributed by atoms with Crippen LogP contribution in [-0.4, -0.2) is 20.7 Å². The molecule has 0 aliphatic rings. The Morgan fingerprint density at radius 2 is 1.70 bits per heavy atom. The van der Waals surface area contributed by atoms with Crippen molar-refractivity contribution >= 4 is 17.7 Å². The zero-order chi connectivity index (χ0) is 24.0. The third-order valence-electron chi connectivity index (χ3n) is 5.42. The summed E-state index contributed by atoms with van der Waals surface area (Å²) >= 11 is 1.65. The number of carbonyl (C=O) groups is 1. The molecule has 3 rings (SSSR count). The minimum atomic E-state index is -0.251. The molecule has 6 heteroatoms. The number of thioether (sulfide) groups is 1. The molecule has 1 aromatic heterocycles. The maximum atomic E-state index is 12.8. The van der Waals surface area contributed by atoms with Crippen molar-refractivity contribution in [2.75, 3.05) is 0 Å². The van der Waals surface area contributed by atoms with Gasteiger partial charge < -0.3 is 5.32 Å². The normalized spacial score (nSPS) is 13.5. The Bertz CT molecular complexity index is 1040. The van der Waals surface area contributed by atoms with Gasteiger partial charge in [0.15, 0.2) is 11.0 Å². The van der Waals surface area contributed by atoms with E-state index in [4.69, 9.17) is 0 Å². The van der Waals surface area contributed by atoms with Crippen molar-refractivity contribution in [2.45, 2.75) is 71.3 Å². The van der Waals surface area contributed by atoms with Crippen LogP contribution in [0.4, 0.5) is 0 Å². The maximum Gasteiger partial charge on any atom is 0.220 e. The fourth-order valence-corrected chi connectivity index (χ4v) is 5.03.